The highest BCUT2D eigenvalue weighted by molar-refractivity contribution is 6.11. The van der Waals surface area contributed by atoms with E-state index in [1.807, 2.05) is 18.2 Å². The number of fused-ring (bicyclic) bond motifs is 6. The standard InChI is InChI=1S/C54H36N2O/c1-4-14-38(15-5-1)46-20-10-12-22-50(46)55(45-31-33-49-48-21-11-13-23-51(48)56(52(49)36-45)43-18-8-3-9-19-43)44-29-26-37(27-30-44)40-28-32-47-41(34-40)24-25-42-35-53(57-54(42)47)39-16-6-2-7-17-39/h1-36H. The van der Waals surface area contributed by atoms with Gasteiger partial charge in [-0.25, -0.2) is 0 Å². The molecule has 0 N–H and O–H groups in total. The Morgan fingerprint density at radius 3 is 1.79 bits per heavy atom. The van der Waals surface area contributed by atoms with Crippen molar-refractivity contribution < 1.29 is 4.42 Å². The maximum atomic E-state index is 6.45. The average Bonchev–Trinajstić information content (AvgIpc) is 3.88. The van der Waals surface area contributed by atoms with Crippen LogP contribution in [-0.2, 0) is 0 Å². The van der Waals surface area contributed by atoms with E-state index in [1.54, 1.807) is 0 Å². The second-order valence-corrected chi connectivity index (χ2v) is 14.6. The zero-order chi connectivity index (χ0) is 37.7. The number of rotatable bonds is 7. The monoisotopic (exact) mass is 728 g/mol. The zero-order valence-electron chi connectivity index (χ0n) is 31.1. The largest absolute Gasteiger partial charge is 0.455 e. The molecule has 11 rings (SSSR count). The summed E-state index contributed by atoms with van der Waals surface area (Å²) in [5, 5.41) is 5.84. The van der Waals surface area contributed by atoms with E-state index in [2.05, 4.69) is 210 Å². The van der Waals surface area contributed by atoms with Crippen LogP contribution in [-0.4, -0.2) is 4.57 Å². The van der Waals surface area contributed by atoms with Crippen molar-refractivity contribution in [3.05, 3.63) is 218 Å². The van der Waals surface area contributed by atoms with Gasteiger partial charge in [-0.2, -0.15) is 0 Å². The summed E-state index contributed by atoms with van der Waals surface area (Å²) in [5.41, 5.74) is 13.4. The molecule has 0 aliphatic rings. The van der Waals surface area contributed by atoms with Crippen LogP contribution in [0.25, 0.3) is 82.8 Å². The van der Waals surface area contributed by atoms with E-state index in [1.165, 1.54) is 27.4 Å². The van der Waals surface area contributed by atoms with Gasteiger partial charge in [-0.05, 0) is 88.8 Å². The fourth-order valence-corrected chi connectivity index (χ4v) is 8.46. The molecule has 0 saturated heterocycles. The molecule has 0 atom stereocenters. The van der Waals surface area contributed by atoms with Gasteiger partial charge in [0.15, 0.2) is 0 Å². The van der Waals surface area contributed by atoms with E-state index in [0.29, 0.717) is 0 Å². The van der Waals surface area contributed by atoms with Gasteiger partial charge in [0.05, 0.1) is 16.7 Å². The van der Waals surface area contributed by atoms with Gasteiger partial charge in [0.1, 0.15) is 11.3 Å². The lowest BCUT2D eigenvalue weighted by Gasteiger charge is -2.28. The van der Waals surface area contributed by atoms with Gasteiger partial charge in [-0.15, -0.1) is 0 Å². The van der Waals surface area contributed by atoms with Crippen LogP contribution in [0.15, 0.2) is 223 Å². The van der Waals surface area contributed by atoms with Crippen LogP contribution in [0.4, 0.5) is 17.1 Å². The maximum absolute atomic E-state index is 6.45. The third-order valence-corrected chi connectivity index (χ3v) is 11.2. The first-order valence-electron chi connectivity index (χ1n) is 19.4. The number of para-hydroxylation sites is 3. The molecule has 9 aromatic carbocycles. The number of aromatic nitrogens is 1. The summed E-state index contributed by atoms with van der Waals surface area (Å²) in [5.74, 6) is 0.886. The topological polar surface area (TPSA) is 21.3 Å². The molecule has 0 amide bonds. The quantitative estimate of drug-likeness (QED) is 0.163. The van der Waals surface area contributed by atoms with Crippen LogP contribution in [0, 0.1) is 0 Å². The Balaban J connectivity index is 1.04. The Bertz CT molecular complexity index is 3220. The van der Waals surface area contributed by atoms with Gasteiger partial charge in [0, 0.05) is 49.7 Å². The second-order valence-electron chi connectivity index (χ2n) is 14.6. The number of furan rings is 1. The van der Waals surface area contributed by atoms with Gasteiger partial charge in [-0.3, -0.25) is 0 Å². The molecule has 11 aromatic rings. The van der Waals surface area contributed by atoms with E-state index < -0.39 is 0 Å². The summed E-state index contributed by atoms with van der Waals surface area (Å²) in [6.07, 6.45) is 0. The summed E-state index contributed by atoms with van der Waals surface area (Å²) in [6.45, 7) is 0. The Labute approximate surface area is 330 Å². The van der Waals surface area contributed by atoms with Crippen molar-refractivity contribution in [1.29, 1.82) is 0 Å². The summed E-state index contributed by atoms with van der Waals surface area (Å²) in [4.78, 5) is 2.40. The fourth-order valence-electron chi connectivity index (χ4n) is 8.46. The molecule has 0 bridgehead atoms. The lowest BCUT2D eigenvalue weighted by atomic mass is 9.99. The summed E-state index contributed by atoms with van der Waals surface area (Å²) < 4.78 is 8.84. The number of hydrogen-bond acceptors (Lipinski definition) is 2. The van der Waals surface area contributed by atoms with Crippen LogP contribution in [0.1, 0.15) is 0 Å². The lowest BCUT2D eigenvalue weighted by Crippen LogP contribution is -2.11. The second kappa shape index (κ2) is 13.6. The van der Waals surface area contributed by atoms with Crippen molar-refractivity contribution in [2.45, 2.75) is 0 Å². The molecule has 0 unspecified atom stereocenters. The van der Waals surface area contributed by atoms with Gasteiger partial charge >= 0.3 is 0 Å². The number of benzene rings is 9. The molecular weight excluding hydrogens is 693 g/mol. The first-order chi connectivity index (χ1) is 28.3. The molecule has 57 heavy (non-hydrogen) atoms. The minimum atomic E-state index is 0.886. The zero-order valence-corrected chi connectivity index (χ0v) is 31.1. The van der Waals surface area contributed by atoms with E-state index in [9.17, 15) is 0 Å². The van der Waals surface area contributed by atoms with Crippen LogP contribution in [0.2, 0.25) is 0 Å². The molecule has 2 heterocycles. The summed E-state index contributed by atoms with van der Waals surface area (Å²) in [6, 6.07) is 78.1. The highest BCUT2D eigenvalue weighted by Crippen LogP contribution is 2.44. The highest BCUT2D eigenvalue weighted by Gasteiger charge is 2.20. The van der Waals surface area contributed by atoms with Crippen LogP contribution in [0.5, 0.6) is 0 Å². The number of nitrogens with zero attached hydrogens (tertiary/aromatic N) is 2. The van der Waals surface area contributed by atoms with E-state index >= 15 is 0 Å². The first kappa shape index (κ1) is 32.8. The Hall–Kier alpha value is -7.62. The minimum Gasteiger partial charge on any atom is -0.455 e. The minimum absolute atomic E-state index is 0.886. The summed E-state index contributed by atoms with van der Waals surface area (Å²) in [7, 11) is 0. The van der Waals surface area contributed by atoms with Gasteiger partial charge in [-0.1, -0.05) is 152 Å². The SMILES string of the molecule is c1ccc(-c2cc3ccc4cc(-c5ccc(N(c6ccc7c8ccccc8n(-c8ccccc8)c7c6)c6ccccc6-c6ccccc6)cc5)ccc4c3o2)cc1. The summed E-state index contributed by atoms with van der Waals surface area (Å²) >= 11 is 0. The van der Waals surface area contributed by atoms with E-state index in [-0.39, 0.29) is 0 Å². The number of hydrogen-bond donors (Lipinski definition) is 0. The molecule has 3 nitrogen and oxygen atoms in total. The van der Waals surface area contributed by atoms with E-state index in [0.717, 1.165) is 72.5 Å². The third-order valence-electron chi connectivity index (χ3n) is 11.2. The highest BCUT2D eigenvalue weighted by atomic mass is 16.3. The molecule has 0 aliphatic carbocycles. The molecule has 0 saturated carbocycles. The molecule has 3 heteroatoms. The molecule has 0 radical (unpaired) electrons. The van der Waals surface area contributed by atoms with Gasteiger partial charge < -0.3 is 13.9 Å². The van der Waals surface area contributed by atoms with Crippen molar-refractivity contribution in [2.24, 2.45) is 0 Å². The predicted octanol–water partition coefficient (Wildman–Crippen LogP) is 15.2. The number of anilines is 3. The first-order valence-corrected chi connectivity index (χ1v) is 19.4. The molecule has 268 valence electrons. The van der Waals surface area contributed by atoms with Crippen molar-refractivity contribution in [2.75, 3.05) is 4.90 Å². The fraction of sp³-hybridized carbons (Fsp3) is 0. The molecule has 0 spiro atoms. The normalized spacial score (nSPS) is 11.5. The van der Waals surface area contributed by atoms with Crippen molar-refractivity contribution >= 4 is 60.6 Å². The average molecular weight is 729 g/mol. The van der Waals surface area contributed by atoms with Crippen LogP contribution < -0.4 is 4.90 Å². The van der Waals surface area contributed by atoms with Crippen molar-refractivity contribution in [3.8, 4) is 39.3 Å². The van der Waals surface area contributed by atoms with Crippen molar-refractivity contribution in [3.63, 3.8) is 0 Å². The van der Waals surface area contributed by atoms with Gasteiger partial charge in [0.25, 0.3) is 0 Å². The molecule has 0 aliphatic heterocycles. The van der Waals surface area contributed by atoms with Crippen molar-refractivity contribution in [1.82, 2.24) is 4.57 Å². The maximum Gasteiger partial charge on any atom is 0.142 e. The lowest BCUT2D eigenvalue weighted by molar-refractivity contribution is 0.635. The molecule has 2 aromatic heterocycles. The van der Waals surface area contributed by atoms with Gasteiger partial charge in [0.2, 0.25) is 0 Å². The third kappa shape index (κ3) is 5.68. The van der Waals surface area contributed by atoms with Crippen LogP contribution in [0.3, 0.4) is 0 Å². The van der Waals surface area contributed by atoms with Crippen LogP contribution >= 0.6 is 0 Å². The predicted molar refractivity (Wildman–Crippen MR) is 239 cm³/mol. The Morgan fingerprint density at radius 1 is 0.368 bits per heavy atom. The Morgan fingerprint density at radius 2 is 0.982 bits per heavy atom. The smallest absolute Gasteiger partial charge is 0.142 e. The molecular formula is C54H36N2O. The van der Waals surface area contributed by atoms with E-state index in [4.69, 9.17) is 4.42 Å². The Kier molecular flexibility index (Phi) is 7.82. The molecule has 0 fully saturated rings.